The summed E-state index contributed by atoms with van der Waals surface area (Å²) in [4.78, 5) is 13.6. The van der Waals surface area contributed by atoms with Gasteiger partial charge in [0, 0.05) is 37.9 Å². The molecule has 2 heterocycles. The number of carbonyl (C=O) groups is 1. The highest BCUT2D eigenvalue weighted by molar-refractivity contribution is 5.89. The fourth-order valence-electron chi connectivity index (χ4n) is 2.94. The molecule has 5 nitrogen and oxygen atoms in total. The van der Waals surface area contributed by atoms with Crippen LogP contribution in [0, 0.1) is 6.92 Å². The number of rotatable bonds is 3. The molecule has 1 aliphatic rings. The smallest absolute Gasteiger partial charge is 0.335 e. The van der Waals surface area contributed by atoms with Crippen molar-refractivity contribution in [2.75, 3.05) is 6.54 Å². The predicted octanol–water partition coefficient (Wildman–Crippen LogP) is 1.99. The molecule has 1 aliphatic heterocycles. The monoisotopic (exact) mass is 285 g/mol. The Morgan fingerprint density at radius 1 is 1.43 bits per heavy atom. The molecule has 110 valence electrons. The van der Waals surface area contributed by atoms with Gasteiger partial charge < -0.3 is 5.11 Å². The molecule has 0 saturated heterocycles. The maximum absolute atomic E-state index is 11.3. The Labute approximate surface area is 123 Å². The highest BCUT2D eigenvalue weighted by Crippen LogP contribution is 2.24. The SMILES string of the molecule is Cc1c(CN2CCc3c(cccc3C(=O)O)C2)cnn1C. The molecule has 2 aromatic rings. The van der Waals surface area contributed by atoms with Crippen molar-refractivity contribution in [3.63, 3.8) is 0 Å². The molecule has 0 spiro atoms. The van der Waals surface area contributed by atoms with Gasteiger partial charge >= 0.3 is 5.97 Å². The van der Waals surface area contributed by atoms with Crippen molar-refractivity contribution < 1.29 is 9.90 Å². The lowest BCUT2D eigenvalue weighted by Gasteiger charge is -2.29. The number of hydrogen-bond acceptors (Lipinski definition) is 3. The van der Waals surface area contributed by atoms with E-state index in [0.29, 0.717) is 5.56 Å². The van der Waals surface area contributed by atoms with Gasteiger partial charge in [0.1, 0.15) is 0 Å². The summed E-state index contributed by atoms with van der Waals surface area (Å²) in [5.41, 5.74) is 4.98. The number of aromatic nitrogens is 2. The molecule has 0 atom stereocenters. The third-order valence-corrected chi connectivity index (χ3v) is 4.31. The molecule has 0 amide bonds. The van der Waals surface area contributed by atoms with Crippen LogP contribution in [0.2, 0.25) is 0 Å². The number of aryl methyl sites for hydroxylation is 1. The van der Waals surface area contributed by atoms with E-state index in [1.807, 2.05) is 30.1 Å². The Morgan fingerprint density at radius 2 is 2.24 bits per heavy atom. The first-order valence-electron chi connectivity index (χ1n) is 7.10. The summed E-state index contributed by atoms with van der Waals surface area (Å²) < 4.78 is 1.88. The minimum atomic E-state index is -0.830. The van der Waals surface area contributed by atoms with E-state index in [9.17, 15) is 9.90 Å². The Hall–Kier alpha value is -2.14. The lowest BCUT2D eigenvalue weighted by atomic mass is 9.94. The maximum Gasteiger partial charge on any atom is 0.335 e. The second kappa shape index (κ2) is 5.33. The third kappa shape index (κ3) is 2.56. The summed E-state index contributed by atoms with van der Waals surface area (Å²) in [5.74, 6) is -0.830. The van der Waals surface area contributed by atoms with Crippen molar-refractivity contribution in [2.24, 2.45) is 7.05 Å². The molecule has 0 bridgehead atoms. The molecule has 1 N–H and O–H groups in total. The van der Waals surface area contributed by atoms with Gasteiger partial charge in [-0.05, 0) is 30.5 Å². The van der Waals surface area contributed by atoms with Crippen LogP contribution < -0.4 is 0 Å². The fourth-order valence-corrected chi connectivity index (χ4v) is 2.94. The summed E-state index contributed by atoms with van der Waals surface area (Å²) >= 11 is 0. The minimum absolute atomic E-state index is 0.449. The van der Waals surface area contributed by atoms with Crippen LogP contribution in [-0.4, -0.2) is 32.3 Å². The molecule has 1 aromatic carbocycles. The van der Waals surface area contributed by atoms with Crippen molar-refractivity contribution in [3.05, 3.63) is 52.3 Å². The van der Waals surface area contributed by atoms with Gasteiger partial charge in [-0.25, -0.2) is 4.79 Å². The second-order valence-electron chi connectivity index (χ2n) is 5.59. The average molecular weight is 285 g/mol. The summed E-state index contributed by atoms with van der Waals surface area (Å²) in [5, 5.41) is 13.5. The van der Waals surface area contributed by atoms with Gasteiger partial charge in [-0.2, -0.15) is 5.10 Å². The first-order valence-corrected chi connectivity index (χ1v) is 7.10. The number of hydrogen-bond donors (Lipinski definition) is 1. The van der Waals surface area contributed by atoms with E-state index in [0.717, 1.165) is 37.2 Å². The summed E-state index contributed by atoms with van der Waals surface area (Å²) in [6.45, 7) is 4.61. The van der Waals surface area contributed by atoms with Gasteiger partial charge in [-0.15, -0.1) is 0 Å². The van der Waals surface area contributed by atoms with Crippen molar-refractivity contribution >= 4 is 5.97 Å². The normalized spacial score (nSPS) is 15.0. The van der Waals surface area contributed by atoms with Gasteiger partial charge in [-0.1, -0.05) is 12.1 Å². The first-order chi connectivity index (χ1) is 10.1. The zero-order chi connectivity index (χ0) is 15.0. The van der Waals surface area contributed by atoms with Crippen LogP contribution in [0.25, 0.3) is 0 Å². The van der Waals surface area contributed by atoms with E-state index in [1.54, 1.807) is 6.07 Å². The van der Waals surface area contributed by atoms with Crippen molar-refractivity contribution in [3.8, 4) is 0 Å². The van der Waals surface area contributed by atoms with Gasteiger partial charge in [0.25, 0.3) is 0 Å². The molecule has 5 heteroatoms. The molecule has 0 unspecified atom stereocenters. The van der Waals surface area contributed by atoms with E-state index in [4.69, 9.17) is 0 Å². The van der Waals surface area contributed by atoms with Crippen LogP contribution >= 0.6 is 0 Å². The van der Waals surface area contributed by atoms with E-state index in [-0.39, 0.29) is 0 Å². The summed E-state index contributed by atoms with van der Waals surface area (Å²) in [7, 11) is 1.95. The highest BCUT2D eigenvalue weighted by Gasteiger charge is 2.21. The lowest BCUT2D eigenvalue weighted by molar-refractivity contribution is 0.0694. The maximum atomic E-state index is 11.3. The first kappa shape index (κ1) is 13.8. The lowest BCUT2D eigenvalue weighted by Crippen LogP contribution is -2.31. The second-order valence-corrected chi connectivity index (χ2v) is 5.59. The van der Waals surface area contributed by atoms with Crippen LogP contribution in [0.3, 0.4) is 0 Å². The molecular formula is C16H19N3O2. The molecule has 0 fully saturated rings. The van der Waals surface area contributed by atoms with Gasteiger partial charge in [0.05, 0.1) is 11.8 Å². The largest absolute Gasteiger partial charge is 0.478 e. The molecular weight excluding hydrogens is 266 g/mol. The number of carboxylic acids is 1. The van der Waals surface area contributed by atoms with Crippen molar-refractivity contribution in [1.29, 1.82) is 0 Å². The van der Waals surface area contributed by atoms with Gasteiger partial charge in [0.15, 0.2) is 0 Å². The third-order valence-electron chi connectivity index (χ3n) is 4.31. The van der Waals surface area contributed by atoms with Crippen LogP contribution in [0.15, 0.2) is 24.4 Å². The quantitative estimate of drug-likeness (QED) is 0.937. The Morgan fingerprint density at radius 3 is 2.90 bits per heavy atom. The number of fused-ring (bicyclic) bond motifs is 1. The molecule has 0 aliphatic carbocycles. The zero-order valence-corrected chi connectivity index (χ0v) is 12.3. The molecule has 0 radical (unpaired) electrons. The average Bonchev–Trinajstić information content (AvgIpc) is 2.78. The van der Waals surface area contributed by atoms with Crippen LogP contribution in [0.1, 0.15) is 32.7 Å². The van der Waals surface area contributed by atoms with E-state index < -0.39 is 5.97 Å². The van der Waals surface area contributed by atoms with Gasteiger partial charge in [0.2, 0.25) is 0 Å². The summed E-state index contributed by atoms with van der Waals surface area (Å²) in [6.07, 6.45) is 2.70. The van der Waals surface area contributed by atoms with Crippen LogP contribution in [0.4, 0.5) is 0 Å². The van der Waals surface area contributed by atoms with E-state index in [1.165, 1.54) is 11.3 Å². The van der Waals surface area contributed by atoms with Crippen molar-refractivity contribution in [2.45, 2.75) is 26.4 Å². The zero-order valence-electron chi connectivity index (χ0n) is 12.3. The molecule has 21 heavy (non-hydrogen) atoms. The topological polar surface area (TPSA) is 58.4 Å². The summed E-state index contributed by atoms with van der Waals surface area (Å²) in [6, 6.07) is 5.56. The Kier molecular flexibility index (Phi) is 3.51. The standard InChI is InChI=1S/C16H19N3O2/c1-11-13(8-17-18(11)2)10-19-7-6-14-12(9-19)4-3-5-15(14)16(20)21/h3-5,8H,6-7,9-10H2,1-2H3,(H,20,21). The Balaban J connectivity index is 1.80. The minimum Gasteiger partial charge on any atom is -0.478 e. The molecule has 0 saturated carbocycles. The van der Waals surface area contributed by atoms with E-state index >= 15 is 0 Å². The van der Waals surface area contributed by atoms with E-state index in [2.05, 4.69) is 16.9 Å². The van der Waals surface area contributed by atoms with Crippen molar-refractivity contribution in [1.82, 2.24) is 14.7 Å². The Bertz CT molecular complexity index is 691. The number of carboxylic acid groups (broad SMARTS) is 1. The number of aromatic carboxylic acids is 1. The van der Waals surface area contributed by atoms with Crippen LogP contribution in [0.5, 0.6) is 0 Å². The predicted molar refractivity (Wildman–Crippen MR) is 79.2 cm³/mol. The number of benzene rings is 1. The fraction of sp³-hybridized carbons (Fsp3) is 0.375. The van der Waals surface area contributed by atoms with Crippen LogP contribution in [-0.2, 0) is 26.6 Å². The molecule has 3 rings (SSSR count). The van der Waals surface area contributed by atoms with Gasteiger partial charge in [-0.3, -0.25) is 9.58 Å². The molecule has 1 aromatic heterocycles. The highest BCUT2D eigenvalue weighted by atomic mass is 16.4. The number of nitrogens with zero attached hydrogens (tertiary/aromatic N) is 3.